The van der Waals surface area contributed by atoms with Gasteiger partial charge >= 0.3 is 0 Å². The number of rotatable bonds is 5. The van der Waals surface area contributed by atoms with Crippen LogP contribution in [-0.2, 0) is 6.42 Å². The van der Waals surface area contributed by atoms with E-state index in [9.17, 15) is 18.0 Å². The normalized spacial score (nSPS) is 11.0. The van der Waals surface area contributed by atoms with Crippen LogP contribution in [0.4, 0.5) is 13.2 Å². The Balaban J connectivity index is 1.90. The summed E-state index contributed by atoms with van der Waals surface area (Å²) < 4.78 is 40.8. The van der Waals surface area contributed by atoms with Gasteiger partial charge in [-0.15, -0.1) is 0 Å². The van der Waals surface area contributed by atoms with Crippen molar-refractivity contribution in [3.63, 3.8) is 0 Å². The fourth-order valence-corrected chi connectivity index (χ4v) is 2.77. The molecule has 0 fully saturated rings. The second kappa shape index (κ2) is 7.61. The quantitative estimate of drug-likeness (QED) is 0.742. The maximum Gasteiger partial charge on any atom is 0.263 e. The summed E-state index contributed by atoms with van der Waals surface area (Å²) >= 11 is 0. The number of carbonyl (C=O) groups excluding carboxylic acids is 1. The zero-order valence-corrected chi connectivity index (χ0v) is 14.7. The lowest BCUT2D eigenvalue weighted by molar-refractivity contribution is 0.0962. The number of alkyl halides is 2. The molecule has 0 atom stereocenters. The van der Waals surface area contributed by atoms with Crippen molar-refractivity contribution in [1.29, 1.82) is 0 Å². The molecule has 0 spiro atoms. The number of hydrogen-bond donors (Lipinski definition) is 1. The molecule has 5 nitrogen and oxygen atoms in total. The minimum absolute atomic E-state index is 0.255. The number of nitrogens with one attached hydrogen (secondary N) is 1. The molecular weight excluding hydrogens is 357 g/mol. The number of halogens is 3. The van der Waals surface area contributed by atoms with Gasteiger partial charge in [0.25, 0.3) is 12.3 Å². The average Bonchev–Trinajstić information content (AvgIpc) is 3.02. The van der Waals surface area contributed by atoms with E-state index in [1.165, 1.54) is 23.9 Å². The van der Waals surface area contributed by atoms with Gasteiger partial charge in [0, 0.05) is 25.0 Å². The van der Waals surface area contributed by atoms with E-state index in [1.54, 1.807) is 31.5 Å². The predicted molar refractivity (Wildman–Crippen MR) is 93.6 cm³/mol. The smallest absolute Gasteiger partial charge is 0.263 e. The Hall–Kier alpha value is -3.16. The largest absolute Gasteiger partial charge is 0.355 e. The maximum absolute atomic E-state index is 13.6. The van der Waals surface area contributed by atoms with Crippen LogP contribution in [0.3, 0.4) is 0 Å². The fraction of sp³-hybridized carbons (Fsp3) is 0.211. The van der Waals surface area contributed by atoms with Gasteiger partial charge < -0.3 is 5.32 Å². The Kier molecular flexibility index (Phi) is 5.25. The second-order valence-electron chi connectivity index (χ2n) is 6.04. The number of hydrogen-bond acceptors (Lipinski definition) is 3. The first-order chi connectivity index (χ1) is 12.9. The van der Waals surface area contributed by atoms with E-state index in [0.29, 0.717) is 22.6 Å². The molecular formula is C19H17F3N4O. The molecule has 0 unspecified atom stereocenters. The van der Waals surface area contributed by atoms with Crippen LogP contribution in [0.15, 0.2) is 42.7 Å². The molecule has 0 aliphatic rings. The average molecular weight is 374 g/mol. The van der Waals surface area contributed by atoms with Gasteiger partial charge in [0.2, 0.25) is 0 Å². The van der Waals surface area contributed by atoms with E-state index in [-0.39, 0.29) is 17.9 Å². The Morgan fingerprint density at radius 3 is 2.70 bits per heavy atom. The van der Waals surface area contributed by atoms with E-state index >= 15 is 0 Å². The van der Waals surface area contributed by atoms with Crippen LogP contribution in [0.25, 0.3) is 5.82 Å². The minimum Gasteiger partial charge on any atom is -0.355 e. The third kappa shape index (κ3) is 4.16. The van der Waals surface area contributed by atoms with Gasteiger partial charge in [0.1, 0.15) is 5.82 Å². The molecule has 0 aliphatic heterocycles. The van der Waals surface area contributed by atoms with E-state index in [2.05, 4.69) is 15.4 Å². The summed E-state index contributed by atoms with van der Waals surface area (Å²) in [5, 5.41) is 6.82. The molecule has 1 amide bonds. The number of aromatic nitrogens is 3. The lowest BCUT2D eigenvalue weighted by atomic mass is 10.0. The van der Waals surface area contributed by atoms with Crippen LogP contribution < -0.4 is 5.32 Å². The van der Waals surface area contributed by atoms with Crippen molar-refractivity contribution in [2.75, 3.05) is 7.05 Å². The van der Waals surface area contributed by atoms with Crippen LogP contribution in [0, 0.1) is 12.7 Å². The van der Waals surface area contributed by atoms with Crippen molar-refractivity contribution in [2.45, 2.75) is 19.8 Å². The second-order valence-corrected chi connectivity index (χ2v) is 6.04. The Bertz CT molecular complexity index is 985. The minimum atomic E-state index is -2.73. The van der Waals surface area contributed by atoms with Crippen LogP contribution >= 0.6 is 0 Å². The van der Waals surface area contributed by atoms with Crippen LogP contribution in [-0.4, -0.2) is 27.7 Å². The van der Waals surface area contributed by atoms with Gasteiger partial charge in [0.15, 0.2) is 5.82 Å². The summed E-state index contributed by atoms with van der Waals surface area (Å²) in [7, 11) is 1.53. The lowest BCUT2D eigenvalue weighted by Gasteiger charge is -2.07. The number of pyridine rings is 1. The first-order valence-electron chi connectivity index (χ1n) is 8.18. The highest BCUT2D eigenvalue weighted by Gasteiger charge is 2.14. The van der Waals surface area contributed by atoms with Crippen molar-refractivity contribution in [3.05, 3.63) is 76.5 Å². The Morgan fingerprint density at radius 1 is 1.22 bits per heavy atom. The van der Waals surface area contributed by atoms with E-state index in [4.69, 9.17) is 0 Å². The molecule has 3 aromatic rings. The zero-order chi connectivity index (χ0) is 19.6. The van der Waals surface area contributed by atoms with E-state index < -0.39 is 12.2 Å². The molecule has 0 saturated heterocycles. The Labute approximate surface area is 153 Å². The molecule has 0 aliphatic carbocycles. The SMILES string of the molecule is CNC(=O)c1cn(-c2cc(Cc3cc(F)cc(C(F)F)c3)ccn2)nc1C. The predicted octanol–water partition coefficient (Wildman–Crippen LogP) is 3.60. The van der Waals surface area contributed by atoms with Crippen LogP contribution in [0.1, 0.15) is 39.2 Å². The van der Waals surface area contributed by atoms with Gasteiger partial charge in [-0.2, -0.15) is 5.10 Å². The van der Waals surface area contributed by atoms with Gasteiger partial charge in [-0.3, -0.25) is 4.79 Å². The molecule has 3 rings (SSSR count). The van der Waals surface area contributed by atoms with Crippen molar-refractivity contribution in [3.8, 4) is 5.82 Å². The van der Waals surface area contributed by atoms with Crippen molar-refractivity contribution in [1.82, 2.24) is 20.1 Å². The highest BCUT2D eigenvalue weighted by Crippen LogP contribution is 2.23. The topological polar surface area (TPSA) is 59.8 Å². The first-order valence-corrected chi connectivity index (χ1v) is 8.18. The standard InChI is InChI=1S/C19H17F3N4O/c1-11-16(19(27)23-2)10-26(25-11)17-8-12(3-4-24-17)5-13-6-14(18(21)22)9-15(20)7-13/h3-4,6-10,18H,5H2,1-2H3,(H,23,27). The molecule has 2 aromatic heterocycles. The molecule has 27 heavy (non-hydrogen) atoms. The number of amides is 1. The summed E-state index contributed by atoms with van der Waals surface area (Å²) in [6, 6.07) is 6.78. The van der Waals surface area contributed by atoms with Crippen LogP contribution in [0.2, 0.25) is 0 Å². The first kappa shape index (κ1) is 18.6. The molecule has 140 valence electrons. The van der Waals surface area contributed by atoms with E-state index in [0.717, 1.165) is 11.6 Å². The Morgan fingerprint density at radius 2 is 2.00 bits per heavy atom. The van der Waals surface area contributed by atoms with Gasteiger partial charge in [-0.25, -0.2) is 22.8 Å². The third-order valence-corrected chi connectivity index (χ3v) is 4.06. The number of aryl methyl sites for hydroxylation is 1. The summed E-state index contributed by atoms with van der Waals surface area (Å²) in [5.41, 5.74) is 1.81. The van der Waals surface area contributed by atoms with Crippen molar-refractivity contribution in [2.24, 2.45) is 0 Å². The molecule has 0 saturated carbocycles. The molecule has 0 radical (unpaired) electrons. The summed E-state index contributed by atoms with van der Waals surface area (Å²) in [6.45, 7) is 1.71. The van der Waals surface area contributed by atoms with Crippen molar-refractivity contribution < 1.29 is 18.0 Å². The van der Waals surface area contributed by atoms with Gasteiger partial charge in [-0.05, 0) is 54.8 Å². The zero-order valence-electron chi connectivity index (χ0n) is 14.7. The van der Waals surface area contributed by atoms with Crippen molar-refractivity contribution >= 4 is 5.91 Å². The summed E-state index contributed by atoms with van der Waals surface area (Å²) in [4.78, 5) is 16.1. The summed E-state index contributed by atoms with van der Waals surface area (Å²) in [6.07, 6.45) is 0.643. The monoisotopic (exact) mass is 374 g/mol. The third-order valence-electron chi connectivity index (χ3n) is 4.06. The highest BCUT2D eigenvalue weighted by atomic mass is 19.3. The number of benzene rings is 1. The van der Waals surface area contributed by atoms with Gasteiger partial charge in [0.05, 0.1) is 11.3 Å². The molecule has 1 aromatic carbocycles. The molecule has 8 heteroatoms. The van der Waals surface area contributed by atoms with Gasteiger partial charge in [-0.1, -0.05) is 0 Å². The number of nitrogens with zero attached hydrogens (tertiary/aromatic N) is 3. The molecule has 2 heterocycles. The highest BCUT2D eigenvalue weighted by molar-refractivity contribution is 5.94. The maximum atomic E-state index is 13.6. The lowest BCUT2D eigenvalue weighted by Crippen LogP contribution is -2.18. The molecule has 0 bridgehead atoms. The number of carbonyl (C=O) groups is 1. The van der Waals surface area contributed by atoms with E-state index in [1.807, 2.05) is 0 Å². The fourth-order valence-electron chi connectivity index (χ4n) is 2.77. The summed E-state index contributed by atoms with van der Waals surface area (Å²) in [5.74, 6) is -0.486. The molecule has 1 N–H and O–H groups in total. The van der Waals surface area contributed by atoms with Crippen LogP contribution in [0.5, 0.6) is 0 Å².